The van der Waals surface area contributed by atoms with E-state index in [0.717, 1.165) is 5.56 Å². The number of aliphatic hydroxyl groups is 1. The fraction of sp³-hybridized carbons (Fsp3) is 0.500. The lowest BCUT2D eigenvalue weighted by molar-refractivity contribution is -0.271. The molecule has 1 aliphatic rings. The van der Waals surface area contributed by atoms with Crippen molar-refractivity contribution in [1.29, 1.82) is 0 Å². The van der Waals surface area contributed by atoms with E-state index in [9.17, 15) is 27.9 Å². The molecule has 2 N–H and O–H groups in total. The van der Waals surface area contributed by atoms with Gasteiger partial charge < -0.3 is 15.3 Å². The van der Waals surface area contributed by atoms with Crippen LogP contribution in [-0.4, -0.2) is 46.7 Å². The van der Waals surface area contributed by atoms with Gasteiger partial charge in [0.25, 0.3) is 5.91 Å². The quantitative estimate of drug-likeness (QED) is 0.866. The summed E-state index contributed by atoms with van der Waals surface area (Å²) in [5.41, 5.74) is -1.20. The van der Waals surface area contributed by atoms with Crippen molar-refractivity contribution in [2.24, 2.45) is 0 Å². The number of rotatable bonds is 2. The molecule has 0 aromatic heterocycles. The number of carbonyl (C=O) groups is 2. The first-order valence-electron chi connectivity index (χ1n) is 7.50. The van der Waals surface area contributed by atoms with Gasteiger partial charge in [-0.1, -0.05) is 6.07 Å². The third kappa shape index (κ3) is 3.69. The van der Waals surface area contributed by atoms with Crippen molar-refractivity contribution in [2.45, 2.75) is 38.5 Å². The number of amides is 2. The van der Waals surface area contributed by atoms with Gasteiger partial charge in [-0.2, -0.15) is 13.2 Å². The molecule has 1 heterocycles. The van der Waals surface area contributed by atoms with E-state index in [4.69, 9.17) is 0 Å². The number of hydrogen-bond donors (Lipinski definition) is 2. The van der Waals surface area contributed by atoms with E-state index >= 15 is 0 Å². The molecule has 132 valence electrons. The van der Waals surface area contributed by atoms with Gasteiger partial charge in [0.2, 0.25) is 5.91 Å². The molecule has 2 amide bonds. The van der Waals surface area contributed by atoms with E-state index in [1.54, 1.807) is 19.1 Å². The summed E-state index contributed by atoms with van der Waals surface area (Å²) in [5, 5.41) is 12.3. The van der Waals surface area contributed by atoms with Gasteiger partial charge in [0.15, 0.2) is 5.60 Å². The predicted molar refractivity (Wildman–Crippen MR) is 81.6 cm³/mol. The lowest BCUT2D eigenvalue weighted by atomic mass is 9.90. The average Bonchev–Trinajstić information content (AvgIpc) is 2.48. The van der Waals surface area contributed by atoms with Crippen LogP contribution in [0.15, 0.2) is 18.2 Å². The molecule has 0 radical (unpaired) electrons. The summed E-state index contributed by atoms with van der Waals surface area (Å²) in [6, 6.07) is 4.73. The second kappa shape index (κ2) is 6.43. The highest BCUT2D eigenvalue weighted by Crippen LogP contribution is 2.38. The van der Waals surface area contributed by atoms with Gasteiger partial charge >= 0.3 is 6.18 Å². The van der Waals surface area contributed by atoms with Crippen molar-refractivity contribution in [3.8, 4) is 0 Å². The number of hydrogen-bond acceptors (Lipinski definition) is 3. The normalized spacial score (nSPS) is 17.5. The Morgan fingerprint density at radius 1 is 1.25 bits per heavy atom. The highest BCUT2D eigenvalue weighted by Gasteiger charge is 2.54. The van der Waals surface area contributed by atoms with Crippen LogP contribution in [0.4, 0.5) is 18.9 Å². The van der Waals surface area contributed by atoms with Crippen LogP contribution in [0.25, 0.3) is 0 Å². The van der Waals surface area contributed by atoms with Crippen LogP contribution < -0.4 is 5.32 Å². The maximum Gasteiger partial charge on any atom is 0.417 e. The molecule has 0 bridgehead atoms. The topological polar surface area (TPSA) is 69.6 Å². The molecule has 0 atom stereocenters. The number of piperidine rings is 1. The minimum atomic E-state index is -4.70. The number of benzene rings is 1. The van der Waals surface area contributed by atoms with Crippen LogP contribution in [0, 0.1) is 6.92 Å². The Morgan fingerprint density at radius 2 is 1.83 bits per heavy atom. The van der Waals surface area contributed by atoms with Crippen molar-refractivity contribution < 1.29 is 27.9 Å². The molecule has 0 saturated carbocycles. The number of alkyl halides is 3. The summed E-state index contributed by atoms with van der Waals surface area (Å²) in [6.07, 6.45) is -5.80. The van der Waals surface area contributed by atoms with Crippen LogP contribution in [0.2, 0.25) is 0 Å². The Morgan fingerprint density at radius 3 is 2.33 bits per heavy atom. The summed E-state index contributed by atoms with van der Waals surface area (Å²) in [4.78, 5) is 24.9. The number of nitrogens with one attached hydrogen (secondary N) is 1. The molecule has 8 heteroatoms. The lowest BCUT2D eigenvalue weighted by Gasteiger charge is -2.39. The summed E-state index contributed by atoms with van der Waals surface area (Å²) < 4.78 is 38.4. The maximum absolute atomic E-state index is 12.8. The Kier molecular flexibility index (Phi) is 4.89. The third-order valence-electron chi connectivity index (χ3n) is 4.20. The monoisotopic (exact) mass is 344 g/mol. The van der Waals surface area contributed by atoms with Gasteiger partial charge in [-0.3, -0.25) is 9.59 Å². The molecular weight excluding hydrogens is 325 g/mol. The molecule has 0 aliphatic carbocycles. The first kappa shape index (κ1) is 18.3. The number of carbonyl (C=O) groups excluding carboxylic acids is 2. The Labute approximate surface area is 137 Å². The van der Waals surface area contributed by atoms with Crippen molar-refractivity contribution in [3.63, 3.8) is 0 Å². The highest BCUT2D eigenvalue weighted by molar-refractivity contribution is 5.97. The van der Waals surface area contributed by atoms with E-state index in [0.29, 0.717) is 5.69 Å². The summed E-state index contributed by atoms with van der Waals surface area (Å²) in [6.45, 7) is 2.75. The number of nitrogens with zero attached hydrogens (tertiary/aromatic N) is 1. The van der Waals surface area contributed by atoms with Gasteiger partial charge in [-0.15, -0.1) is 0 Å². The SMILES string of the molecule is CC(=O)Nc1cc(C(=O)N2CCC(O)(C(F)(F)F)CC2)ccc1C. The fourth-order valence-corrected chi connectivity index (χ4v) is 2.63. The minimum absolute atomic E-state index is 0.182. The van der Waals surface area contributed by atoms with Crippen molar-refractivity contribution >= 4 is 17.5 Å². The van der Waals surface area contributed by atoms with Gasteiger partial charge in [0.05, 0.1) is 0 Å². The first-order valence-corrected chi connectivity index (χ1v) is 7.50. The number of anilines is 1. The van der Waals surface area contributed by atoms with Crippen LogP contribution in [0.1, 0.15) is 35.7 Å². The minimum Gasteiger partial charge on any atom is -0.380 e. The summed E-state index contributed by atoms with van der Waals surface area (Å²) in [7, 11) is 0. The fourth-order valence-electron chi connectivity index (χ4n) is 2.63. The zero-order valence-electron chi connectivity index (χ0n) is 13.4. The van der Waals surface area contributed by atoms with Crippen LogP contribution in [-0.2, 0) is 4.79 Å². The standard InChI is InChI=1S/C16H19F3N2O3/c1-10-3-4-12(9-13(10)20-11(2)22)14(23)21-7-5-15(24,6-8-21)16(17,18)19/h3-4,9,24H,5-8H2,1-2H3,(H,20,22). The molecular formula is C16H19F3N2O3. The van der Waals surface area contributed by atoms with E-state index in [1.165, 1.54) is 17.9 Å². The lowest BCUT2D eigenvalue weighted by Crippen LogP contribution is -2.54. The molecule has 1 aromatic rings. The van der Waals surface area contributed by atoms with Crippen LogP contribution in [0.5, 0.6) is 0 Å². The van der Waals surface area contributed by atoms with Crippen molar-refractivity contribution in [1.82, 2.24) is 4.90 Å². The molecule has 2 rings (SSSR count). The Bertz CT molecular complexity index is 650. The van der Waals surface area contributed by atoms with E-state index in [1.807, 2.05) is 0 Å². The van der Waals surface area contributed by atoms with Crippen LogP contribution in [0.3, 0.4) is 0 Å². The molecule has 1 fully saturated rings. The van der Waals surface area contributed by atoms with Gasteiger partial charge in [0.1, 0.15) is 0 Å². The van der Waals surface area contributed by atoms with E-state index in [-0.39, 0.29) is 24.6 Å². The highest BCUT2D eigenvalue weighted by atomic mass is 19.4. The van der Waals surface area contributed by atoms with Gasteiger partial charge in [-0.05, 0) is 24.6 Å². The van der Waals surface area contributed by atoms with E-state index < -0.39 is 30.5 Å². The zero-order chi connectivity index (χ0) is 18.1. The second-order valence-corrected chi connectivity index (χ2v) is 6.03. The second-order valence-electron chi connectivity index (χ2n) is 6.03. The summed E-state index contributed by atoms with van der Waals surface area (Å²) >= 11 is 0. The Balaban J connectivity index is 2.12. The van der Waals surface area contributed by atoms with Crippen molar-refractivity contribution in [3.05, 3.63) is 29.3 Å². The third-order valence-corrected chi connectivity index (χ3v) is 4.20. The number of halogens is 3. The smallest absolute Gasteiger partial charge is 0.380 e. The molecule has 1 aromatic carbocycles. The summed E-state index contributed by atoms with van der Waals surface area (Å²) in [5.74, 6) is -0.707. The first-order chi connectivity index (χ1) is 11.0. The largest absolute Gasteiger partial charge is 0.417 e. The van der Waals surface area contributed by atoms with Crippen molar-refractivity contribution in [2.75, 3.05) is 18.4 Å². The zero-order valence-corrected chi connectivity index (χ0v) is 13.4. The molecule has 0 spiro atoms. The molecule has 5 nitrogen and oxygen atoms in total. The van der Waals surface area contributed by atoms with Gasteiger partial charge in [-0.25, -0.2) is 0 Å². The number of aryl methyl sites for hydroxylation is 1. The molecule has 24 heavy (non-hydrogen) atoms. The predicted octanol–water partition coefficient (Wildman–Crippen LogP) is 2.48. The van der Waals surface area contributed by atoms with E-state index in [2.05, 4.69) is 5.32 Å². The Hall–Kier alpha value is -2.09. The molecule has 1 saturated heterocycles. The maximum atomic E-state index is 12.8. The average molecular weight is 344 g/mol. The number of likely N-dealkylation sites (tertiary alicyclic amines) is 1. The van der Waals surface area contributed by atoms with Gasteiger partial charge in [0, 0.05) is 44.1 Å². The molecule has 1 aliphatic heterocycles. The molecule has 0 unspecified atom stereocenters. The van der Waals surface area contributed by atoms with Crippen LogP contribution >= 0.6 is 0 Å².